The van der Waals surface area contributed by atoms with Crippen molar-refractivity contribution in [1.29, 1.82) is 0 Å². The van der Waals surface area contributed by atoms with E-state index in [1.54, 1.807) is 23.1 Å². The molecule has 0 bridgehead atoms. The fourth-order valence-electron chi connectivity index (χ4n) is 2.54. The van der Waals surface area contributed by atoms with Crippen LogP contribution < -0.4 is 5.73 Å². The number of carbonyl (C=O) groups excluding carboxylic acids is 1. The van der Waals surface area contributed by atoms with Gasteiger partial charge in [-0.1, -0.05) is 12.1 Å². The lowest BCUT2D eigenvalue weighted by molar-refractivity contribution is -0.138. The summed E-state index contributed by atoms with van der Waals surface area (Å²) in [5, 5.41) is 8.77. The van der Waals surface area contributed by atoms with Crippen LogP contribution in [0.5, 0.6) is 0 Å². The topological polar surface area (TPSA) is 83.6 Å². The second-order valence-electron chi connectivity index (χ2n) is 5.37. The fourth-order valence-corrected chi connectivity index (χ4v) is 2.54. The third-order valence-electron chi connectivity index (χ3n) is 3.72. The Morgan fingerprint density at radius 1 is 1.33 bits per heavy atom. The number of benzene rings is 1. The average Bonchev–Trinajstić information content (AvgIpc) is 2.45. The number of nitrogens with zero attached hydrogens (tertiary/aromatic N) is 1. The maximum Gasteiger partial charge on any atom is 0.303 e. The molecule has 21 heavy (non-hydrogen) atoms. The number of hydrogen-bond acceptors (Lipinski definition) is 3. The third kappa shape index (κ3) is 4.63. The Morgan fingerprint density at radius 2 is 2.05 bits per heavy atom. The molecule has 3 N–H and O–H groups in total. The van der Waals surface area contributed by atoms with E-state index in [0.717, 1.165) is 18.4 Å². The highest BCUT2D eigenvalue weighted by atomic mass is 16.4. The van der Waals surface area contributed by atoms with Crippen LogP contribution >= 0.6 is 0 Å². The summed E-state index contributed by atoms with van der Waals surface area (Å²) in [6.45, 7) is 1.25. The Balaban J connectivity index is 1.86. The lowest BCUT2D eigenvalue weighted by Crippen LogP contribution is -2.37. The average molecular weight is 288 g/mol. The van der Waals surface area contributed by atoms with Gasteiger partial charge in [-0.2, -0.15) is 0 Å². The van der Waals surface area contributed by atoms with Gasteiger partial charge in [0.25, 0.3) is 0 Å². The third-order valence-corrected chi connectivity index (χ3v) is 3.72. The summed E-state index contributed by atoms with van der Waals surface area (Å²) in [6.07, 6.45) is 5.00. The highest BCUT2D eigenvalue weighted by Crippen LogP contribution is 2.20. The molecular formula is C16H20N2O3. The molecule has 0 atom stereocenters. The maximum absolute atomic E-state index is 12.1. The molecule has 1 aromatic carbocycles. The van der Waals surface area contributed by atoms with Crippen molar-refractivity contribution in [2.24, 2.45) is 5.92 Å². The Kier molecular flexibility index (Phi) is 4.98. The lowest BCUT2D eigenvalue weighted by Gasteiger charge is -2.30. The number of nitrogens with two attached hydrogens (primary N) is 1. The number of piperidine rings is 1. The van der Waals surface area contributed by atoms with Crippen LogP contribution in [0.3, 0.4) is 0 Å². The minimum absolute atomic E-state index is 0.0359. The molecule has 0 unspecified atom stereocenters. The van der Waals surface area contributed by atoms with Crippen LogP contribution in [0.15, 0.2) is 30.3 Å². The summed E-state index contributed by atoms with van der Waals surface area (Å²) in [6, 6.07) is 7.34. The van der Waals surface area contributed by atoms with E-state index in [0.29, 0.717) is 18.8 Å². The van der Waals surface area contributed by atoms with Gasteiger partial charge < -0.3 is 15.7 Å². The zero-order valence-electron chi connectivity index (χ0n) is 11.9. The molecule has 0 aromatic heterocycles. The van der Waals surface area contributed by atoms with E-state index in [4.69, 9.17) is 10.8 Å². The quantitative estimate of drug-likeness (QED) is 0.655. The van der Waals surface area contributed by atoms with Crippen LogP contribution in [0, 0.1) is 5.92 Å². The summed E-state index contributed by atoms with van der Waals surface area (Å²) in [4.78, 5) is 24.5. The first-order chi connectivity index (χ1) is 10.0. The monoisotopic (exact) mass is 288 g/mol. The fraction of sp³-hybridized carbons (Fsp3) is 0.375. The van der Waals surface area contributed by atoms with Gasteiger partial charge in [-0.15, -0.1) is 0 Å². The van der Waals surface area contributed by atoms with Gasteiger partial charge in [-0.05, 0) is 42.5 Å². The second kappa shape index (κ2) is 6.92. The summed E-state index contributed by atoms with van der Waals surface area (Å²) in [5.41, 5.74) is 7.24. The summed E-state index contributed by atoms with van der Waals surface area (Å²) >= 11 is 0. The van der Waals surface area contributed by atoms with Crippen molar-refractivity contribution in [3.05, 3.63) is 35.9 Å². The van der Waals surface area contributed by atoms with E-state index in [9.17, 15) is 9.59 Å². The molecular weight excluding hydrogens is 268 g/mol. The molecule has 5 heteroatoms. The molecule has 0 radical (unpaired) electrons. The SMILES string of the molecule is Nc1cccc(/C=C/C(=O)N2CCC(CC(=O)O)CC2)c1. The summed E-state index contributed by atoms with van der Waals surface area (Å²) in [7, 11) is 0. The predicted octanol–water partition coefficient (Wildman–Crippen LogP) is 2.00. The molecule has 112 valence electrons. The molecule has 0 aliphatic carbocycles. The molecule has 1 aromatic rings. The van der Waals surface area contributed by atoms with Crippen molar-refractivity contribution in [2.75, 3.05) is 18.8 Å². The minimum Gasteiger partial charge on any atom is -0.481 e. The summed E-state index contributed by atoms with van der Waals surface area (Å²) in [5.74, 6) is -0.614. The standard InChI is InChI=1S/C16H20N2O3/c17-14-3-1-2-12(10-14)4-5-15(19)18-8-6-13(7-9-18)11-16(20)21/h1-5,10,13H,6-9,11,17H2,(H,20,21)/b5-4+. The van der Waals surface area contributed by atoms with Crippen molar-refractivity contribution < 1.29 is 14.7 Å². The van der Waals surface area contributed by atoms with Crippen molar-refractivity contribution >= 4 is 23.6 Å². The number of carboxylic acid groups (broad SMARTS) is 1. The van der Waals surface area contributed by atoms with E-state index in [-0.39, 0.29) is 18.2 Å². The van der Waals surface area contributed by atoms with Gasteiger partial charge in [-0.3, -0.25) is 9.59 Å². The number of hydrogen-bond donors (Lipinski definition) is 2. The molecule has 1 fully saturated rings. The Hall–Kier alpha value is -2.30. The van der Waals surface area contributed by atoms with Gasteiger partial charge in [0.05, 0.1) is 0 Å². The van der Waals surface area contributed by atoms with Crippen molar-refractivity contribution in [2.45, 2.75) is 19.3 Å². The summed E-state index contributed by atoms with van der Waals surface area (Å²) < 4.78 is 0. The largest absolute Gasteiger partial charge is 0.481 e. The van der Waals surface area contributed by atoms with Crippen molar-refractivity contribution in [3.63, 3.8) is 0 Å². The van der Waals surface area contributed by atoms with E-state index in [1.807, 2.05) is 18.2 Å². The number of anilines is 1. The molecule has 0 saturated carbocycles. The van der Waals surface area contributed by atoms with Crippen LogP contribution in [-0.4, -0.2) is 35.0 Å². The number of rotatable bonds is 4. The van der Waals surface area contributed by atoms with E-state index in [2.05, 4.69) is 0 Å². The number of carbonyl (C=O) groups is 2. The van der Waals surface area contributed by atoms with Gasteiger partial charge in [-0.25, -0.2) is 0 Å². The van der Waals surface area contributed by atoms with Gasteiger partial charge >= 0.3 is 5.97 Å². The van der Waals surface area contributed by atoms with Crippen LogP contribution in [0.1, 0.15) is 24.8 Å². The van der Waals surface area contributed by atoms with Crippen LogP contribution in [0.4, 0.5) is 5.69 Å². The first kappa shape index (κ1) is 15.1. The predicted molar refractivity (Wildman–Crippen MR) is 81.4 cm³/mol. The number of amides is 1. The second-order valence-corrected chi connectivity index (χ2v) is 5.37. The van der Waals surface area contributed by atoms with Crippen molar-refractivity contribution in [3.8, 4) is 0 Å². The van der Waals surface area contributed by atoms with Crippen molar-refractivity contribution in [1.82, 2.24) is 4.90 Å². The van der Waals surface area contributed by atoms with Gasteiger partial charge in [0.15, 0.2) is 0 Å². The Labute approximate surface area is 124 Å². The molecule has 0 spiro atoms. The van der Waals surface area contributed by atoms with E-state index in [1.165, 1.54) is 0 Å². The lowest BCUT2D eigenvalue weighted by atomic mass is 9.93. The zero-order chi connectivity index (χ0) is 15.2. The highest BCUT2D eigenvalue weighted by Gasteiger charge is 2.23. The molecule has 1 heterocycles. The highest BCUT2D eigenvalue weighted by molar-refractivity contribution is 5.92. The molecule has 1 amide bonds. The van der Waals surface area contributed by atoms with Crippen LogP contribution in [-0.2, 0) is 9.59 Å². The van der Waals surface area contributed by atoms with E-state index < -0.39 is 5.97 Å². The smallest absolute Gasteiger partial charge is 0.303 e. The first-order valence-electron chi connectivity index (χ1n) is 7.09. The first-order valence-corrected chi connectivity index (χ1v) is 7.09. The zero-order valence-corrected chi connectivity index (χ0v) is 11.9. The molecule has 1 aliphatic rings. The maximum atomic E-state index is 12.1. The van der Waals surface area contributed by atoms with Crippen LogP contribution in [0.25, 0.3) is 6.08 Å². The minimum atomic E-state index is -0.763. The normalized spacial score (nSPS) is 16.3. The molecule has 5 nitrogen and oxygen atoms in total. The van der Waals surface area contributed by atoms with E-state index >= 15 is 0 Å². The Bertz CT molecular complexity index is 546. The van der Waals surface area contributed by atoms with Crippen LogP contribution in [0.2, 0.25) is 0 Å². The van der Waals surface area contributed by atoms with Gasteiger partial charge in [0, 0.05) is 31.3 Å². The molecule has 1 saturated heterocycles. The van der Waals surface area contributed by atoms with Gasteiger partial charge in [0.2, 0.25) is 5.91 Å². The number of carboxylic acids is 1. The number of likely N-dealkylation sites (tertiary alicyclic amines) is 1. The molecule has 1 aliphatic heterocycles. The Morgan fingerprint density at radius 3 is 2.67 bits per heavy atom. The van der Waals surface area contributed by atoms with Gasteiger partial charge in [0.1, 0.15) is 0 Å². The number of nitrogen functional groups attached to an aromatic ring is 1. The number of aliphatic carboxylic acids is 1. The molecule has 2 rings (SSSR count).